The average Bonchev–Trinajstić information content (AvgIpc) is 3.04. The van der Waals surface area contributed by atoms with Gasteiger partial charge in [-0.15, -0.1) is 0 Å². The first kappa shape index (κ1) is 18.0. The third-order valence-corrected chi connectivity index (χ3v) is 6.63. The summed E-state index contributed by atoms with van der Waals surface area (Å²) in [4.78, 5) is 31.1. The van der Waals surface area contributed by atoms with Crippen LogP contribution in [0.1, 0.15) is 27.9 Å². The number of hydrogen-bond donors (Lipinski definition) is 0. The van der Waals surface area contributed by atoms with Crippen LogP contribution < -0.4 is 0 Å². The van der Waals surface area contributed by atoms with E-state index in [1.165, 1.54) is 11.1 Å². The van der Waals surface area contributed by atoms with Crippen LogP contribution in [-0.2, 0) is 17.8 Å². The number of amides is 1. The number of carbonyl (C=O) groups excluding carboxylic acids is 2. The minimum absolute atomic E-state index is 0.277. The number of fused-ring (bicyclic) bond motifs is 1. The molecule has 0 bridgehead atoms. The van der Waals surface area contributed by atoms with E-state index >= 15 is 0 Å². The van der Waals surface area contributed by atoms with E-state index in [2.05, 4.69) is 28.0 Å². The largest absolute Gasteiger partial charge is 0.339 e. The maximum atomic E-state index is 12.5. The summed E-state index contributed by atoms with van der Waals surface area (Å²) >= 11 is 1.98. The fourth-order valence-electron chi connectivity index (χ4n) is 4.05. The van der Waals surface area contributed by atoms with Crippen LogP contribution in [0.2, 0.25) is 0 Å². The second kappa shape index (κ2) is 8.11. The molecular weight excluding hydrogens is 346 g/mol. The minimum atomic E-state index is 0.277. The maximum absolute atomic E-state index is 12.5. The highest BCUT2D eigenvalue weighted by Crippen LogP contribution is 2.23. The molecule has 3 aliphatic rings. The molecule has 26 heavy (non-hydrogen) atoms. The smallest absolute Gasteiger partial charge is 0.236 e. The first-order valence-electron chi connectivity index (χ1n) is 9.64. The molecule has 2 heterocycles. The van der Waals surface area contributed by atoms with Crippen LogP contribution in [-0.4, -0.2) is 83.7 Å². The molecule has 0 N–H and O–H groups in total. The molecule has 140 valence electrons. The average molecular weight is 374 g/mol. The van der Waals surface area contributed by atoms with E-state index in [-0.39, 0.29) is 11.7 Å². The van der Waals surface area contributed by atoms with Crippen LogP contribution >= 0.6 is 11.8 Å². The molecule has 0 atom stereocenters. The van der Waals surface area contributed by atoms with Crippen molar-refractivity contribution in [1.29, 1.82) is 0 Å². The monoisotopic (exact) mass is 373 g/mol. The van der Waals surface area contributed by atoms with Crippen molar-refractivity contribution in [2.24, 2.45) is 0 Å². The van der Waals surface area contributed by atoms with Crippen molar-refractivity contribution in [2.75, 3.05) is 57.3 Å². The summed E-state index contributed by atoms with van der Waals surface area (Å²) < 4.78 is 0. The Kier molecular flexibility index (Phi) is 5.62. The third-order valence-electron chi connectivity index (χ3n) is 5.69. The Morgan fingerprint density at radius 2 is 1.73 bits per heavy atom. The molecule has 0 saturated carbocycles. The zero-order valence-corrected chi connectivity index (χ0v) is 16.1. The molecule has 2 aliphatic heterocycles. The fraction of sp³-hybridized carbons (Fsp3) is 0.600. The number of nitrogens with zero attached hydrogens (tertiary/aromatic N) is 3. The molecular formula is C20H27N3O2S. The highest BCUT2D eigenvalue weighted by atomic mass is 32.2. The van der Waals surface area contributed by atoms with Crippen molar-refractivity contribution in [3.63, 3.8) is 0 Å². The van der Waals surface area contributed by atoms with Gasteiger partial charge in [0.25, 0.3) is 0 Å². The molecule has 5 nitrogen and oxygen atoms in total. The van der Waals surface area contributed by atoms with Gasteiger partial charge in [-0.05, 0) is 23.6 Å². The molecule has 1 aromatic rings. The van der Waals surface area contributed by atoms with Crippen LogP contribution in [0.5, 0.6) is 0 Å². The molecule has 0 spiro atoms. The number of benzene rings is 1. The Labute approximate surface area is 159 Å². The summed E-state index contributed by atoms with van der Waals surface area (Å²) in [5.74, 6) is 2.85. The van der Waals surface area contributed by atoms with Gasteiger partial charge in [0, 0.05) is 69.3 Å². The van der Waals surface area contributed by atoms with Gasteiger partial charge in [-0.1, -0.05) is 12.1 Å². The number of carbonyl (C=O) groups is 2. The van der Waals surface area contributed by atoms with Gasteiger partial charge in [-0.25, -0.2) is 0 Å². The van der Waals surface area contributed by atoms with Crippen LogP contribution in [0.15, 0.2) is 18.2 Å². The van der Waals surface area contributed by atoms with Gasteiger partial charge in [0.1, 0.15) is 0 Å². The summed E-state index contributed by atoms with van der Waals surface area (Å²) in [6.45, 7) is 6.95. The van der Waals surface area contributed by atoms with Crippen LogP contribution in [0.4, 0.5) is 0 Å². The quantitative estimate of drug-likeness (QED) is 0.800. The fourth-order valence-corrected chi connectivity index (χ4v) is 5.03. The lowest BCUT2D eigenvalue weighted by Gasteiger charge is -2.36. The van der Waals surface area contributed by atoms with Gasteiger partial charge in [-0.2, -0.15) is 11.8 Å². The molecule has 2 fully saturated rings. The number of Topliss-reactive ketones (excluding diaryl/α,β-unsaturated/α-hetero) is 1. The van der Waals surface area contributed by atoms with Crippen molar-refractivity contribution >= 4 is 23.5 Å². The van der Waals surface area contributed by atoms with Gasteiger partial charge in [0.05, 0.1) is 6.54 Å². The van der Waals surface area contributed by atoms with E-state index in [1.807, 2.05) is 16.7 Å². The van der Waals surface area contributed by atoms with Gasteiger partial charge in [0.2, 0.25) is 5.91 Å². The highest BCUT2D eigenvalue weighted by molar-refractivity contribution is 7.99. The number of thioether (sulfide) groups is 1. The van der Waals surface area contributed by atoms with Crippen LogP contribution in [0, 0.1) is 0 Å². The Balaban J connectivity index is 1.26. The van der Waals surface area contributed by atoms with Gasteiger partial charge in [0.15, 0.2) is 5.78 Å². The summed E-state index contributed by atoms with van der Waals surface area (Å²) in [5.41, 5.74) is 3.34. The molecule has 0 radical (unpaired) electrons. The summed E-state index contributed by atoms with van der Waals surface area (Å²) in [5, 5.41) is 0. The molecule has 1 aliphatic carbocycles. The van der Waals surface area contributed by atoms with E-state index in [1.54, 1.807) is 0 Å². The zero-order chi connectivity index (χ0) is 17.9. The Morgan fingerprint density at radius 3 is 2.50 bits per heavy atom. The van der Waals surface area contributed by atoms with Crippen molar-refractivity contribution in [2.45, 2.75) is 19.4 Å². The standard InChI is InChI=1S/C20H27N3O2S/c24-19-4-3-17-2-1-16(13-18(17)19)14-21-5-7-23(8-6-21)20(25)15-22-9-11-26-12-10-22/h1-2,13H,3-12,14-15H2. The lowest BCUT2D eigenvalue weighted by molar-refractivity contribution is -0.134. The second-order valence-electron chi connectivity index (χ2n) is 7.46. The molecule has 0 unspecified atom stereocenters. The summed E-state index contributed by atoms with van der Waals surface area (Å²) in [6, 6.07) is 6.35. The second-order valence-corrected chi connectivity index (χ2v) is 8.68. The SMILES string of the molecule is O=C1CCc2ccc(CN3CCN(C(=O)CN4CCSCC4)CC3)cc21. The van der Waals surface area contributed by atoms with Crippen LogP contribution in [0.3, 0.4) is 0 Å². The molecule has 1 aromatic carbocycles. The number of hydrogen-bond acceptors (Lipinski definition) is 5. The van der Waals surface area contributed by atoms with Crippen molar-refractivity contribution in [1.82, 2.24) is 14.7 Å². The highest BCUT2D eigenvalue weighted by Gasteiger charge is 2.24. The topological polar surface area (TPSA) is 43.9 Å². The molecule has 6 heteroatoms. The molecule has 1 amide bonds. The Morgan fingerprint density at radius 1 is 0.962 bits per heavy atom. The number of rotatable bonds is 4. The number of ketones is 1. The molecule has 0 aromatic heterocycles. The van der Waals surface area contributed by atoms with E-state index < -0.39 is 0 Å². The van der Waals surface area contributed by atoms with E-state index in [0.717, 1.165) is 69.3 Å². The van der Waals surface area contributed by atoms with E-state index in [4.69, 9.17) is 0 Å². The summed E-state index contributed by atoms with van der Waals surface area (Å²) in [7, 11) is 0. The van der Waals surface area contributed by atoms with Crippen molar-refractivity contribution in [3.05, 3.63) is 34.9 Å². The maximum Gasteiger partial charge on any atom is 0.236 e. The molecule has 2 saturated heterocycles. The lowest BCUT2D eigenvalue weighted by atomic mass is 10.1. The zero-order valence-electron chi connectivity index (χ0n) is 15.3. The first-order valence-corrected chi connectivity index (χ1v) is 10.8. The Hall–Kier alpha value is -1.37. The number of aryl methyl sites for hydroxylation is 1. The predicted molar refractivity (Wildman–Crippen MR) is 105 cm³/mol. The summed E-state index contributed by atoms with van der Waals surface area (Å²) in [6.07, 6.45) is 1.56. The molecule has 4 rings (SSSR count). The number of piperazine rings is 1. The van der Waals surface area contributed by atoms with Gasteiger partial charge >= 0.3 is 0 Å². The van der Waals surface area contributed by atoms with Gasteiger partial charge < -0.3 is 4.90 Å². The third kappa shape index (κ3) is 4.13. The van der Waals surface area contributed by atoms with Crippen LogP contribution in [0.25, 0.3) is 0 Å². The van der Waals surface area contributed by atoms with E-state index in [0.29, 0.717) is 13.0 Å². The van der Waals surface area contributed by atoms with Crippen molar-refractivity contribution < 1.29 is 9.59 Å². The van der Waals surface area contributed by atoms with E-state index in [9.17, 15) is 9.59 Å². The minimum Gasteiger partial charge on any atom is -0.339 e. The normalized spacial score (nSPS) is 21.8. The first-order chi connectivity index (χ1) is 12.7. The predicted octanol–water partition coefficient (Wildman–Crippen LogP) is 1.51. The van der Waals surface area contributed by atoms with Gasteiger partial charge in [-0.3, -0.25) is 19.4 Å². The Bertz CT molecular complexity index is 680. The lowest BCUT2D eigenvalue weighted by Crippen LogP contribution is -2.51. The van der Waals surface area contributed by atoms with Crippen molar-refractivity contribution in [3.8, 4) is 0 Å².